The molecule has 0 radical (unpaired) electrons. The molecule has 0 aliphatic carbocycles. The van der Waals surface area contributed by atoms with E-state index in [1.54, 1.807) is 0 Å². The summed E-state index contributed by atoms with van der Waals surface area (Å²) in [5.41, 5.74) is 0. The van der Waals surface area contributed by atoms with Crippen molar-refractivity contribution >= 4 is 41.5 Å². The second kappa shape index (κ2) is 8.92. The first kappa shape index (κ1) is 9.44. The van der Waals surface area contributed by atoms with E-state index in [2.05, 4.69) is 4.18 Å². The summed E-state index contributed by atoms with van der Waals surface area (Å²) in [7, 11) is 1.36. The van der Waals surface area contributed by atoms with Gasteiger partial charge in [-0.25, -0.2) is 4.21 Å². The normalized spacial score (nSPS) is 5.80. The van der Waals surface area contributed by atoms with Crippen LogP contribution in [-0.2, 0) is 16.1 Å². The van der Waals surface area contributed by atoms with Gasteiger partial charge in [0.05, 0.1) is 7.11 Å². The fourth-order valence-corrected chi connectivity index (χ4v) is 0. The molecule has 0 bridgehead atoms. The van der Waals surface area contributed by atoms with Crippen LogP contribution in [0.3, 0.4) is 0 Å². The van der Waals surface area contributed by atoms with Crippen molar-refractivity contribution in [1.29, 1.82) is 0 Å². The third-order valence-corrected chi connectivity index (χ3v) is 0.224. The van der Waals surface area contributed by atoms with E-state index in [0.717, 1.165) is 0 Å². The zero-order valence-corrected chi connectivity index (χ0v) is 3.16. The molecule has 0 aromatic rings. The molecule has 0 aliphatic heterocycles. The van der Waals surface area contributed by atoms with Crippen LogP contribution in [0.5, 0.6) is 0 Å². The first-order valence-electron chi connectivity index (χ1n) is 0.773. The Kier molecular flexibility index (Phi) is 16.9. The molecule has 5 heavy (non-hydrogen) atoms. The Balaban J connectivity index is 0. The van der Waals surface area contributed by atoms with Gasteiger partial charge in [-0.3, -0.25) is 4.18 Å². The predicted octanol–water partition coefficient (Wildman–Crippen LogP) is -1.16. The molecule has 28 valence electrons. The van der Waals surface area contributed by atoms with Crippen LogP contribution in [0.1, 0.15) is 0 Å². The standard InChI is InChI=1S/CH4O2S.Na.H/c1-3-4-2;;/h4H,1H3;;. The fourth-order valence-electron chi connectivity index (χ4n) is 0. The van der Waals surface area contributed by atoms with Crippen molar-refractivity contribution in [3.63, 3.8) is 0 Å². The van der Waals surface area contributed by atoms with E-state index in [1.807, 2.05) is 0 Å². The second-order valence-corrected chi connectivity index (χ2v) is 0.771. The molecule has 4 heteroatoms. The molecule has 0 saturated heterocycles. The molecule has 0 N–H and O–H groups in total. The van der Waals surface area contributed by atoms with Crippen LogP contribution in [0, 0.1) is 0 Å². The van der Waals surface area contributed by atoms with Gasteiger partial charge in [-0.1, -0.05) is 0 Å². The van der Waals surface area contributed by atoms with Crippen molar-refractivity contribution in [2.45, 2.75) is 0 Å². The SMILES string of the molecule is CO[SH]=O.[NaH]. The Labute approximate surface area is 56.9 Å². The summed E-state index contributed by atoms with van der Waals surface area (Å²) in [6.07, 6.45) is 0. The minimum atomic E-state index is -0.252. The number of thiol groups is 1. The summed E-state index contributed by atoms with van der Waals surface area (Å²) in [6, 6.07) is 0. The van der Waals surface area contributed by atoms with Crippen LogP contribution in [0.4, 0.5) is 0 Å². The number of hydrogen-bond acceptors (Lipinski definition) is 2. The maximum absolute atomic E-state index is 9.05. The Morgan fingerprint density at radius 3 is 2.00 bits per heavy atom. The van der Waals surface area contributed by atoms with E-state index in [-0.39, 0.29) is 41.5 Å². The van der Waals surface area contributed by atoms with Gasteiger partial charge in [0.15, 0.2) is 0 Å². The van der Waals surface area contributed by atoms with Gasteiger partial charge in [0, 0.05) is 0 Å². The van der Waals surface area contributed by atoms with Gasteiger partial charge in [-0.15, -0.1) is 0 Å². The molecule has 2 nitrogen and oxygen atoms in total. The second-order valence-electron chi connectivity index (χ2n) is 0.257. The molecular weight excluding hydrogens is 99.1 g/mol. The average Bonchev–Trinajstić information content (AvgIpc) is 1.37. The molecule has 0 saturated carbocycles. The van der Waals surface area contributed by atoms with E-state index in [9.17, 15) is 0 Å². The average molecular weight is 104 g/mol. The Morgan fingerprint density at radius 2 is 2.00 bits per heavy atom. The first-order valence-corrected chi connectivity index (χ1v) is 1.50. The van der Waals surface area contributed by atoms with Crippen LogP contribution in [0.2, 0.25) is 0 Å². The fraction of sp³-hybridized carbons (Fsp3) is 1.00. The molecule has 0 aromatic heterocycles. The summed E-state index contributed by atoms with van der Waals surface area (Å²) in [6.45, 7) is 0. The van der Waals surface area contributed by atoms with Gasteiger partial charge in [-0.2, -0.15) is 0 Å². The van der Waals surface area contributed by atoms with Crippen molar-refractivity contribution in [2.24, 2.45) is 0 Å². The van der Waals surface area contributed by atoms with Crippen LogP contribution >= 0.6 is 0 Å². The number of rotatable bonds is 1. The quantitative estimate of drug-likeness (QED) is 0.335. The van der Waals surface area contributed by atoms with E-state index >= 15 is 0 Å². The van der Waals surface area contributed by atoms with E-state index in [0.29, 0.717) is 0 Å². The van der Waals surface area contributed by atoms with Gasteiger partial charge in [0.25, 0.3) is 0 Å². The van der Waals surface area contributed by atoms with Crippen LogP contribution < -0.4 is 0 Å². The van der Waals surface area contributed by atoms with Crippen molar-refractivity contribution < 1.29 is 8.39 Å². The van der Waals surface area contributed by atoms with E-state index in [1.165, 1.54) is 7.11 Å². The molecule has 0 fully saturated rings. The van der Waals surface area contributed by atoms with Gasteiger partial charge in [-0.05, 0) is 0 Å². The molecule has 0 heterocycles. The zero-order chi connectivity index (χ0) is 3.41. The monoisotopic (exact) mass is 104 g/mol. The van der Waals surface area contributed by atoms with Crippen molar-refractivity contribution in [2.75, 3.05) is 7.11 Å². The van der Waals surface area contributed by atoms with Gasteiger partial charge >= 0.3 is 29.6 Å². The third kappa shape index (κ3) is 11.1. The van der Waals surface area contributed by atoms with Gasteiger partial charge < -0.3 is 0 Å². The summed E-state index contributed by atoms with van der Waals surface area (Å²) in [5.74, 6) is 0. The molecule has 0 aromatic carbocycles. The predicted molar refractivity (Wildman–Crippen MR) is 23.7 cm³/mol. The van der Waals surface area contributed by atoms with Crippen molar-refractivity contribution in [1.82, 2.24) is 0 Å². The first-order chi connectivity index (χ1) is 1.91. The van der Waals surface area contributed by atoms with Crippen molar-refractivity contribution in [3.8, 4) is 0 Å². The Bertz CT molecular complexity index is 23.6. The Morgan fingerprint density at radius 1 is 1.80 bits per heavy atom. The topological polar surface area (TPSA) is 26.3 Å². The Hall–Kier alpha value is 1.11. The summed E-state index contributed by atoms with van der Waals surface area (Å²) < 4.78 is 13.0. The van der Waals surface area contributed by atoms with Crippen LogP contribution in [0.15, 0.2) is 0 Å². The van der Waals surface area contributed by atoms with Crippen molar-refractivity contribution in [3.05, 3.63) is 0 Å². The van der Waals surface area contributed by atoms with Crippen LogP contribution in [-0.4, -0.2) is 40.9 Å². The van der Waals surface area contributed by atoms with E-state index < -0.39 is 0 Å². The minimum absolute atomic E-state index is 0. The molecular formula is CH5NaO2S. The zero-order valence-electron chi connectivity index (χ0n) is 2.26. The molecule has 0 spiro atoms. The molecule has 0 unspecified atom stereocenters. The molecule has 0 rings (SSSR count). The number of hydrogen-bond donors (Lipinski definition) is 1. The summed E-state index contributed by atoms with van der Waals surface area (Å²) in [5, 5.41) is 0. The molecule has 0 aliphatic rings. The van der Waals surface area contributed by atoms with Crippen LogP contribution in [0.25, 0.3) is 0 Å². The third-order valence-electron chi connectivity index (χ3n) is 0.0745. The summed E-state index contributed by atoms with van der Waals surface area (Å²) >= 11 is -0.252. The summed E-state index contributed by atoms with van der Waals surface area (Å²) in [4.78, 5) is 0. The van der Waals surface area contributed by atoms with Gasteiger partial charge in [0.1, 0.15) is 11.9 Å². The maximum atomic E-state index is 9.05. The van der Waals surface area contributed by atoms with Gasteiger partial charge in [0.2, 0.25) is 0 Å². The molecule has 0 atom stereocenters. The molecule has 0 amide bonds. The van der Waals surface area contributed by atoms with E-state index in [4.69, 9.17) is 4.21 Å².